The number of aromatic nitrogens is 1. The molecule has 0 atom stereocenters. The van der Waals surface area contributed by atoms with E-state index in [1.807, 2.05) is 13.8 Å². The number of nitrogens with one attached hydrogen (secondary N) is 4. The van der Waals surface area contributed by atoms with Crippen LogP contribution in [-0.4, -0.2) is 42.0 Å². The van der Waals surface area contributed by atoms with E-state index in [2.05, 4.69) is 26.3 Å². The zero-order chi connectivity index (χ0) is 19.4. The van der Waals surface area contributed by atoms with Gasteiger partial charge < -0.3 is 10.6 Å². The summed E-state index contributed by atoms with van der Waals surface area (Å²) >= 11 is 0. The van der Waals surface area contributed by atoms with Crippen LogP contribution in [0.15, 0.2) is 18.2 Å². The summed E-state index contributed by atoms with van der Waals surface area (Å²) in [5, 5.41) is 9.35. The Morgan fingerprint density at radius 2 is 1.23 bits per heavy atom. The van der Waals surface area contributed by atoms with E-state index in [0.29, 0.717) is 13.1 Å². The first-order valence-electron chi connectivity index (χ1n) is 8.63. The molecule has 1 aromatic rings. The van der Waals surface area contributed by atoms with Gasteiger partial charge in [0.2, 0.25) is 0 Å². The number of urea groups is 2. The van der Waals surface area contributed by atoms with E-state index in [4.69, 9.17) is 0 Å². The topological polar surface area (TPSA) is 129 Å². The van der Waals surface area contributed by atoms with Crippen LogP contribution in [0.5, 0.6) is 0 Å². The fraction of sp³-hybridized carbons (Fsp3) is 0.471. The maximum atomic E-state index is 12.0. The molecule has 0 bridgehead atoms. The van der Waals surface area contributed by atoms with Crippen LogP contribution in [0.25, 0.3) is 0 Å². The van der Waals surface area contributed by atoms with E-state index >= 15 is 0 Å². The fourth-order valence-corrected chi connectivity index (χ4v) is 1.87. The molecule has 0 saturated heterocycles. The van der Waals surface area contributed by atoms with Gasteiger partial charge in [0.05, 0.1) is 0 Å². The Kier molecular flexibility index (Phi) is 9.37. The molecule has 26 heavy (non-hydrogen) atoms. The Labute approximate surface area is 152 Å². The lowest BCUT2D eigenvalue weighted by Gasteiger charge is -2.08. The van der Waals surface area contributed by atoms with Gasteiger partial charge in [0.25, 0.3) is 11.8 Å². The normalized spacial score (nSPS) is 9.92. The molecule has 0 spiro atoms. The molecule has 4 N–H and O–H groups in total. The SMILES string of the molecule is CCCCNC(=O)NC(=O)c1cccc(C(=O)NC(=O)NCCCC)n1. The molecule has 0 saturated carbocycles. The second-order valence-electron chi connectivity index (χ2n) is 5.54. The van der Waals surface area contributed by atoms with Crippen LogP contribution < -0.4 is 21.3 Å². The minimum absolute atomic E-state index is 0.102. The Balaban J connectivity index is 2.60. The van der Waals surface area contributed by atoms with Gasteiger partial charge >= 0.3 is 12.1 Å². The van der Waals surface area contributed by atoms with Crippen molar-refractivity contribution in [2.24, 2.45) is 0 Å². The lowest BCUT2D eigenvalue weighted by molar-refractivity contribution is 0.0957. The number of imide groups is 2. The Morgan fingerprint density at radius 1 is 0.808 bits per heavy atom. The summed E-state index contributed by atoms with van der Waals surface area (Å²) in [7, 11) is 0. The summed E-state index contributed by atoms with van der Waals surface area (Å²) in [4.78, 5) is 51.1. The van der Waals surface area contributed by atoms with Gasteiger partial charge in [-0.05, 0) is 25.0 Å². The monoisotopic (exact) mass is 363 g/mol. The van der Waals surface area contributed by atoms with E-state index in [9.17, 15) is 19.2 Å². The third-order valence-electron chi connectivity index (χ3n) is 3.30. The summed E-state index contributed by atoms with van der Waals surface area (Å²) < 4.78 is 0. The minimum Gasteiger partial charge on any atom is -0.338 e. The maximum Gasteiger partial charge on any atom is 0.321 e. The van der Waals surface area contributed by atoms with Gasteiger partial charge in [0.15, 0.2) is 0 Å². The highest BCUT2D eigenvalue weighted by atomic mass is 16.2. The lowest BCUT2D eigenvalue weighted by Crippen LogP contribution is -2.41. The van der Waals surface area contributed by atoms with Crippen molar-refractivity contribution >= 4 is 23.9 Å². The van der Waals surface area contributed by atoms with E-state index in [1.54, 1.807) is 0 Å². The summed E-state index contributed by atoms with van der Waals surface area (Å²) in [5.41, 5.74) is -0.204. The summed E-state index contributed by atoms with van der Waals surface area (Å²) in [5.74, 6) is -1.47. The molecule has 9 heteroatoms. The first-order valence-corrected chi connectivity index (χ1v) is 8.63. The van der Waals surface area contributed by atoms with Crippen molar-refractivity contribution in [1.82, 2.24) is 26.3 Å². The predicted molar refractivity (Wildman–Crippen MR) is 95.8 cm³/mol. The van der Waals surface area contributed by atoms with Crippen LogP contribution in [0.2, 0.25) is 0 Å². The first kappa shape index (κ1) is 21.1. The molecule has 0 radical (unpaired) electrons. The van der Waals surface area contributed by atoms with Crippen LogP contribution in [0.1, 0.15) is 60.5 Å². The number of hydrogen-bond donors (Lipinski definition) is 4. The van der Waals surface area contributed by atoms with E-state index in [1.165, 1.54) is 18.2 Å². The van der Waals surface area contributed by atoms with Crippen molar-refractivity contribution < 1.29 is 19.2 Å². The molecular weight excluding hydrogens is 338 g/mol. The van der Waals surface area contributed by atoms with E-state index in [0.717, 1.165) is 25.7 Å². The number of rotatable bonds is 8. The Bertz CT molecular complexity index is 597. The lowest BCUT2D eigenvalue weighted by atomic mass is 10.2. The van der Waals surface area contributed by atoms with Crippen molar-refractivity contribution in [3.05, 3.63) is 29.6 Å². The second kappa shape index (κ2) is 11.6. The largest absolute Gasteiger partial charge is 0.338 e. The Hall–Kier alpha value is -2.97. The molecule has 6 amide bonds. The van der Waals surface area contributed by atoms with Gasteiger partial charge in [0.1, 0.15) is 11.4 Å². The molecule has 1 aromatic heterocycles. The summed E-state index contributed by atoms with van der Waals surface area (Å²) in [6.45, 7) is 4.88. The van der Waals surface area contributed by atoms with Crippen LogP contribution in [0.3, 0.4) is 0 Å². The molecular formula is C17H25N5O4. The number of nitrogens with zero attached hydrogens (tertiary/aromatic N) is 1. The fourth-order valence-electron chi connectivity index (χ4n) is 1.87. The predicted octanol–water partition coefficient (Wildman–Crippen LogP) is 1.56. The van der Waals surface area contributed by atoms with Crippen LogP contribution >= 0.6 is 0 Å². The molecule has 0 fully saturated rings. The van der Waals surface area contributed by atoms with Gasteiger partial charge in [-0.2, -0.15) is 0 Å². The second-order valence-corrected chi connectivity index (χ2v) is 5.54. The van der Waals surface area contributed by atoms with Gasteiger partial charge in [0, 0.05) is 13.1 Å². The molecule has 0 aliphatic heterocycles. The smallest absolute Gasteiger partial charge is 0.321 e. The zero-order valence-electron chi connectivity index (χ0n) is 15.1. The number of carbonyl (C=O) groups excluding carboxylic acids is 4. The molecule has 0 aliphatic carbocycles. The minimum atomic E-state index is -0.735. The van der Waals surface area contributed by atoms with Crippen LogP contribution in [-0.2, 0) is 0 Å². The van der Waals surface area contributed by atoms with Crippen molar-refractivity contribution in [2.75, 3.05) is 13.1 Å². The van der Waals surface area contributed by atoms with Gasteiger partial charge in [-0.3, -0.25) is 20.2 Å². The molecule has 0 unspecified atom stereocenters. The average Bonchev–Trinajstić information content (AvgIpc) is 2.62. The van der Waals surface area contributed by atoms with Crippen molar-refractivity contribution in [2.45, 2.75) is 39.5 Å². The van der Waals surface area contributed by atoms with E-state index < -0.39 is 23.9 Å². The summed E-state index contributed by atoms with van der Waals surface area (Å²) in [6.07, 6.45) is 3.43. The van der Waals surface area contributed by atoms with Crippen LogP contribution in [0, 0.1) is 0 Å². The van der Waals surface area contributed by atoms with Crippen LogP contribution in [0.4, 0.5) is 9.59 Å². The first-order chi connectivity index (χ1) is 12.5. The van der Waals surface area contributed by atoms with E-state index in [-0.39, 0.29) is 11.4 Å². The van der Waals surface area contributed by atoms with Gasteiger partial charge in [-0.1, -0.05) is 32.8 Å². The standard InChI is InChI=1S/C17H25N5O4/c1-3-5-10-18-16(25)21-14(23)12-8-7-9-13(20-12)15(24)22-17(26)19-11-6-4-2/h7-9H,3-6,10-11H2,1-2H3,(H2,18,21,23,25)(H2,19,22,24,26). The molecule has 0 aromatic carbocycles. The molecule has 1 rings (SSSR count). The van der Waals surface area contributed by atoms with Gasteiger partial charge in [-0.15, -0.1) is 0 Å². The number of unbranched alkanes of at least 4 members (excludes halogenated alkanes) is 2. The van der Waals surface area contributed by atoms with Gasteiger partial charge in [-0.25, -0.2) is 14.6 Å². The highest BCUT2D eigenvalue weighted by Crippen LogP contribution is 2.00. The third kappa shape index (κ3) is 7.73. The third-order valence-corrected chi connectivity index (χ3v) is 3.30. The Morgan fingerprint density at radius 3 is 1.62 bits per heavy atom. The molecule has 1 heterocycles. The highest BCUT2D eigenvalue weighted by molar-refractivity contribution is 6.05. The zero-order valence-corrected chi connectivity index (χ0v) is 15.1. The number of carbonyl (C=O) groups is 4. The molecule has 142 valence electrons. The molecule has 0 aliphatic rings. The number of pyridine rings is 1. The average molecular weight is 363 g/mol. The molecule has 9 nitrogen and oxygen atoms in total. The number of amides is 6. The quantitative estimate of drug-likeness (QED) is 0.521. The number of hydrogen-bond acceptors (Lipinski definition) is 5. The van der Waals surface area contributed by atoms with Crippen molar-refractivity contribution in [3.63, 3.8) is 0 Å². The van der Waals surface area contributed by atoms with Crippen molar-refractivity contribution in [1.29, 1.82) is 0 Å². The summed E-state index contributed by atoms with van der Waals surface area (Å²) in [6, 6.07) is 2.92. The maximum absolute atomic E-state index is 12.0. The van der Waals surface area contributed by atoms with Crippen molar-refractivity contribution in [3.8, 4) is 0 Å². The highest BCUT2D eigenvalue weighted by Gasteiger charge is 2.16.